The van der Waals surface area contributed by atoms with Crippen molar-refractivity contribution in [1.82, 2.24) is 5.32 Å². The highest BCUT2D eigenvalue weighted by Crippen LogP contribution is 2.34. The van der Waals surface area contributed by atoms with E-state index < -0.39 is 0 Å². The van der Waals surface area contributed by atoms with Crippen LogP contribution < -0.4 is 5.32 Å². The molecule has 0 saturated carbocycles. The monoisotopic (exact) mass is 243 g/mol. The summed E-state index contributed by atoms with van der Waals surface area (Å²) in [4.78, 5) is 0. The molecule has 0 unspecified atom stereocenters. The highest BCUT2D eigenvalue weighted by molar-refractivity contribution is 4.87. The average molecular weight is 243 g/mol. The summed E-state index contributed by atoms with van der Waals surface area (Å²) in [5.74, 6) is 0.653. The van der Waals surface area contributed by atoms with Gasteiger partial charge in [-0.05, 0) is 25.2 Å². The Bertz CT molecular complexity index is 213. The molecule has 3 heteroatoms. The predicted octanol–water partition coefficient (Wildman–Crippen LogP) is 2.45. The van der Waals surface area contributed by atoms with Crippen molar-refractivity contribution in [2.24, 2.45) is 11.3 Å². The lowest BCUT2D eigenvalue weighted by molar-refractivity contribution is 0.00672. The van der Waals surface area contributed by atoms with Crippen molar-refractivity contribution in [2.75, 3.05) is 26.9 Å². The Morgan fingerprint density at radius 2 is 2.12 bits per heavy atom. The van der Waals surface area contributed by atoms with Crippen LogP contribution in [0.15, 0.2) is 0 Å². The van der Waals surface area contributed by atoms with Crippen LogP contribution in [-0.4, -0.2) is 39.0 Å². The molecule has 0 aromatic rings. The highest BCUT2D eigenvalue weighted by Gasteiger charge is 2.36. The number of nitrogens with one attached hydrogen (secondary N) is 1. The third-order valence-corrected chi connectivity index (χ3v) is 3.55. The van der Waals surface area contributed by atoms with Crippen LogP contribution in [0, 0.1) is 11.3 Å². The quantitative estimate of drug-likeness (QED) is 0.777. The van der Waals surface area contributed by atoms with Crippen molar-refractivity contribution in [3.8, 4) is 0 Å². The molecule has 17 heavy (non-hydrogen) atoms. The SMILES string of the molecule is COCC[C@@H](C)NC[C@H]1CCO[C@@H]1C(C)(C)C. The molecule has 0 radical (unpaired) electrons. The second kappa shape index (κ2) is 6.72. The van der Waals surface area contributed by atoms with Crippen LogP contribution >= 0.6 is 0 Å². The summed E-state index contributed by atoms with van der Waals surface area (Å²) < 4.78 is 11.0. The maximum Gasteiger partial charge on any atom is 0.0664 e. The minimum absolute atomic E-state index is 0.249. The molecular formula is C14H29NO2. The first-order chi connectivity index (χ1) is 7.95. The Hall–Kier alpha value is -0.120. The summed E-state index contributed by atoms with van der Waals surface area (Å²) in [6.07, 6.45) is 2.65. The largest absolute Gasteiger partial charge is 0.385 e. The number of hydrogen-bond donors (Lipinski definition) is 1. The summed E-state index contributed by atoms with van der Waals surface area (Å²) in [5.41, 5.74) is 0.249. The molecule has 1 N–H and O–H groups in total. The zero-order valence-electron chi connectivity index (χ0n) is 12.1. The van der Waals surface area contributed by atoms with Gasteiger partial charge in [-0.1, -0.05) is 20.8 Å². The fraction of sp³-hybridized carbons (Fsp3) is 1.00. The van der Waals surface area contributed by atoms with Crippen molar-refractivity contribution >= 4 is 0 Å². The zero-order valence-corrected chi connectivity index (χ0v) is 12.1. The Morgan fingerprint density at radius 3 is 2.71 bits per heavy atom. The standard InChI is InChI=1S/C14H29NO2/c1-11(6-8-16-5)15-10-12-7-9-17-13(12)14(2,3)4/h11-13,15H,6-10H2,1-5H3/t11-,12-,13+/m1/s1. The van der Waals surface area contributed by atoms with Gasteiger partial charge in [-0.2, -0.15) is 0 Å². The lowest BCUT2D eigenvalue weighted by Gasteiger charge is -2.31. The molecule has 3 atom stereocenters. The topological polar surface area (TPSA) is 30.5 Å². The van der Waals surface area contributed by atoms with E-state index in [4.69, 9.17) is 9.47 Å². The van der Waals surface area contributed by atoms with E-state index in [0.717, 1.165) is 26.2 Å². The van der Waals surface area contributed by atoms with E-state index in [-0.39, 0.29) is 5.41 Å². The summed E-state index contributed by atoms with van der Waals surface area (Å²) >= 11 is 0. The van der Waals surface area contributed by atoms with Crippen LogP contribution in [0.4, 0.5) is 0 Å². The van der Waals surface area contributed by atoms with E-state index in [1.807, 2.05) is 0 Å². The minimum atomic E-state index is 0.249. The van der Waals surface area contributed by atoms with E-state index in [0.29, 0.717) is 18.1 Å². The van der Waals surface area contributed by atoms with Gasteiger partial charge in [0.15, 0.2) is 0 Å². The van der Waals surface area contributed by atoms with Gasteiger partial charge in [-0.3, -0.25) is 0 Å². The van der Waals surface area contributed by atoms with Crippen LogP contribution in [0.1, 0.15) is 40.5 Å². The maximum atomic E-state index is 5.88. The summed E-state index contributed by atoms with van der Waals surface area (Å²) in [6, 6.07) is 0.524. The fourth-order valence-electron chi connectivity index (χ4n) is 2.55. The molecule has 1 aliphatic heterocycles. The molecule has 1 saturated heterocycles. The Kier molecular flexibility index (Phi) is 5.90. The van der Waals surface area contributed by atoms with E-state index in [1.165, 1.54) is 6.42 Å². The van der Waals surface area contributed by atoms with Crippen molar-refractivity contribution in [3.05, 3.63) is 0 Å². The van der Waals surface area contributed by atoms with Crippen LogP contribution in [0.3, 0.4) is 0 Å². The fourth-order valence-corrected chi connectivity index (χ4v) is 2.55. The van der Waals surface area contributed by atoms with E-state index >= 15 is 0 Å². The zero-order chi connectivity index (χ0) is 12.9. The Morgan fingerprint density at radius 1 is 1.41 bits per heavy atom. The molecule has 1 heterocycles. The number of rotatable bonds is 6. The molecule has 0 aromatic carbocycles. The molecule has 0 aromatic heterocycles. The third-order valence-electron chi connectivity index (χ3n) is 3.55. The molecule has 3 nitrogen and oxygen atoms in total. The predicted molar refractivity (Wildman–Crippen MR) is 71.3 cm³/mol. The van der Waals surface area contributed by atoms with Gasteiger partial charge in [0.1, 0.15) is 0 Å². The lowest BCUT2D eigenvalue weighted by atomic mass is 9.81. The average Bonchev–Trinajstić information content (AvgIpc) is 2.71. The van der Waals surface area contributed by atoms with Crippen LogP contribution in [0.5, 0.6) is 0 Å². The molecule has 102 valence electrons. The van der Waals surface area contributed by atoms with Gasteiger partial charge in [0.05, 0.1) is 6.10 Å². The maximum absolute atomic E-state index is 5.88. The van der Waals surface area contributed by atoms with Gasteiger partial charge < -0.3 is 14.8 Å². The molecule has 0 aliphatic carbocycles. The smallest absolute Gasteiger partial charge is 0.0664 e. The first-order valence-corrected chi connectivity index (χ1v) is 6.79. The van der Waals surface area contributed by atoms with E-state index in [2.05, 4.69) is 33.0 Å². The third kappa shape index (κ3) is 4.94. The van der Waals surface area contributed by atoms with Crippen molar-refractivity contribution in [1.29, 1.82) is 0 Å². The van der Waals surface area contributed by atoms with Gasteiger partial charge in [0.25, 0.3) is 0 Å². The van der Waals surface area contributed by atoms with Gasteiger partial charge in [-0.15, -0.1) is 0 Å². The second-order valence-electron chi connectivity index (χ2n) is 6.30. The summed E-state index contributed by atoms with van der Waals surface area (Å²) in [7, 11) is 1.76. The molecule has 1 rings (SSSR count). The number of ether oxygens (including phenoxy) is 2. The molecule has 0 bridgehead atoms. The molecule has 1 fully saturated rings. The minimum Gasteiger partial charge on any atom is -0.385 e. The first kappa shape index (κ1) is 14.9. The van der Waals surface area contributed by atoms with Crippen molar-refractivity contribution in [2.45, 2.75) is 52.7 Å². The number of hydrogen-bond acceptors (Lipinski definition) is 3. The summed E-state index contributed by atoms with van der Waals surface area (Å²) in [5, 5.41) is 3.60. The van der Waals surface area contributed by atoms with Gasteiger partial charge in [-0.25, -0.2) is 0 Å². The van der Waals surface area contributed by atoms with Crippen LogP contribution in [0.25, 0.3) is 0 Å². The van der Waals surface area contributed by atoms with Crippen molar-refractivity contribution < 1.29 is 9.47 Å². The van der Waals surface area contributed by atoms with Crippen molar-refractivity contribution in [3.63, 3.8) is 0 Å². The normalized spacial score (nSPS) is 27.4. The Balaban J connectivity index is 2.30. The molecule has 1 aliphatic rings. The van der Waals surface area contributed by atoms with Gasteiger partial charge >= 0.3 is 0 Å². The van der Waals surface area contributed by atoms with Crippen LogP contribution in [-0.2, 0) is 9.47 Å². The van der Waals surface area contributed by atoms with Gasteiger partial charge in [0, 0.05) is 38.8 Å². The second-order valence-corrected chi connectivity index (χ2v) is 6.30. The van der Waals surface area contributed by atoms with E-state index in [1.54, 1.807) is 7.11 Å². The molecule has 0 spiro atoms. The van der Waals surface area contributed by atoms with Crippen LogP contribution in [0.2, 0.25) is 0 Å². The number of methoxy groups -OCH3 is 1. The molecule has 0 amide bonds. The van der Waals surface area contributed by atoms with E-state index in [9.17, 15) is 0 Å². The lowest BCUT2D eigenvalue weighted by Crippen LogP contribution is -2.39. The Labute approximate surface area is 106 Å². The van der Waals surface area contributed by atoms with Gasteiger partial charge in [0.2, 0.25) is 0 Å². The molecular weight excluding hydrogens is 214 g/mol. The highest BCUT2D eigenvalue weighted by atomic mass is 16.5. The summed E-state index contributed by atoms with van der Waals surface area (Å²) in [6.45, 7) is 11.8. The first-order valence-electron chi connectivity index (χ1n) is 6.79.